The van der Waals surface area contributed by atoms with Crippen LogP contribution in [0.3, 0.4) is 0 Å². The second-order valence-electron chi connectivity index (χ2n) is 16.5. The molecule has 3 heterocycles. The molecular formula is C60H37N3O. The van der Waals surface area contributed by atoms with Gasteiger partial charge in [0.15, 0.2) is 0 Å². The first-order valence-electron chi connectivity index (χ1n) is 21.7. The molecule has 0 bridgehead atoms. The number of rotatable bonds is 6. The summed E-state index contributed by atoms with van der Waals surface area (Å²) in [5.74, 6) is 0.626. The Morgan fingerprint density at radius 1 is 0.328 bits per heavy atom. The molecule has 10 aromatic carbocycles. The Kier molecular flexibility index (Phi) is 8.18. The highest BCUT2D eigenvalue weighted by Gasteiger charge is 2.20. The molecule has 0 fully saturated rings. The van der Waals surface area contributed by atoms with Crippen molar-refractivity contribution in [3.8, 4) is 61.7 Å². The van der Waals surface area contributed by atoms with Crippen molar-refractivity contribution >= 4 is 65.4 Å². The summed E-state index contributed by atoms with van der Waals surface area (Å²) >= 11 is 0. The number of furan rings is 1. The van der Waals surface area contributed by atoms with E-state index in [1.807, 2.05) is 12.1 Å². The summed E-state index contributed by atoms with van der Waals surface area (Å²) < 4.78 is 8.55. The fraction of sp³-hybridized carbons (Fsp3) is 0. The third-order valence-electron chi connectivity index (χ3n) is 12.8. The Labute approximate surface area is 369 Å². The second kappa shape index (κ2) is 14.5. The summed E-state index contributed by atoms with van der Waals surface area (Å²) in [6.45, 7) is 0. The molecule has 4 heteroatoms. The molecule has 0 N–H and O–H groups in total. The first-order chi connectivity index (χ1) is 31.7. The van der Waals surface area contributed by atoms with E-state index >= 15 is 0 Å². The van der Waals surface area contributed by atoms with Crippen LogP contribution in [0.25, 0.3) is 127 Å². The van der Waals surface area contributed by atoms with Gasteiger partial charge in [-0.05, 0) is 91.7 Å². The van der Waals surface area contributed by atoms with Crippen LogP contribution >= 0.6 is 0 Å². The Morgan fingerprint density at radius 2 is 0.891 bits per heavy atom. The molecule has 298 valence electrons. The molecule has 0 radical (unpaired) electrons. The van der Waals surface area contributed by atoms with Crippen molar-refractivity contribution in [3.63, 3.8) is 0 Å². The molecule has 0 saturated heterocycles. The van der Waals surface area contributed by atoms with Gasteiger partial charge in [-0.15, -0.1) is 0 Å². The number of benzene rings is 10. The van der Waals surface area contributed by atoms with Crippen LogP contribution in [0.5, 0.6) is 0 Å². The van der Waals surface area contributed by atoms with Gasteiger partial charge in [-0.25, -0.2) is 9.97 Å². The number of fused-ring (bicyclic) bond motifs is 8. The number of hydrogen-bond acceptors (Lipinski definition) is 3. The molecule has 0 amide bonds. The van der Waals surface area contributed by atoms with Gasteiger partial charge in [-0.1, -0.05) is 188 Å². The molecule has 4 nitrogen and oxygen atoms in total. The van der Waals surface area contributed by atoms with Gasteiger partial charge >= 0.3 is 0 Å². The van der Waals surface area contributed by atoms with Crippen LogP contribution in [-0.2, 0) is 0 Å². The SMILES string of the molecule is c1ccc(-c2ccc(-c3cccc4cccc(-c5cccc(-c6nc(-n7c8ccccc8c8ccc(-c9cccc%10oc%11ccccc%11c9%10)cc87)nc7ccccc67)c5)c34)cc2)cc1. The largest absolute Gasteiger partial charge is 0.456 e. The minimum atomic E-state index is 0.626. The summed E-state index contributed by atoms with van der Waals surface area (Å²) in [5, 5.41) is 7.94. The summed E-state index contributed by atoms with van der Waals surface area (Å²) in [6.07, 6.45) is 0. The van der Waals surface area contributed by atoms with Crippen molar-refractivity contribution in [1.82, 2.24) is 14.5 Å². The number of nitrogens with zero attached hydrogens (tertiary/aromatic N) is 3. The van der Waals surface area contributed by atoms with E-state index in [2.05, 4.69) is 217 Å². The summed E-state index contributed by atoms with van der Waals surface area (Å²) in [5.41, 5.74) is 16.0. The second-order valence-corrected chi connectivity index (χ2v) is 16.5. The predicted molar refractivity (Wildman–Crippen MR) is 266 cm³/mol. The maximum atomic E-state index is 6.32. The maximum absolute atomic E-state index is 6.32. The third-order valence-corrected chi connectivity index (χ3v) is 12.8. The molecule has 0 atom stereocenters. The van der Waals surface area contributed by atoms with Crippen LogP contribution < -0.4 is 0 Å². The zero-order chi connectivity index (χ0) is 42.1. The first kappa shape index (κ1) is 36.1. The molecule has 0 spiro atoms. The molecule has 13 aromatic rings. The summed E-state index contributed by atoms with van der Waals surface area (Å²) in [6, 6.07) is 79.9. The average Bonchev–Trinajstić information content (AvgIpc) is 3.92. The van der Waals surface area contributed by atoms with Crippen LogP contribution in [0.15, 0.2) is 229 Å². The number of hydrogen-bond donors (Lipinski definition) is 0. The van der Waals surface area contributed by atoms with Crippen LogP contribution in [0.2, 0.25) is 0 Å². The smallest absolute Gasteiger partial charge is 0.235 e. The van der Waals surface area contributed by atoms with E-state index in [1.54, 1.807) is 0 Å². The zero-order valence-electron chi connectivity index (χ0n) is 34.6. The van der Waals surface area contributed by atoms with Crippen molar-refractivity contribution in [2.75, 3.05) is 0 Å². The Hall–Kier alpha value is -8.60. The van der Waals surface area contributed by atoms with Gasteiger partial charge in [0.05, 0.1) is 22.2 Å². The highest BCUT2D eigenvalue weighted by Crippen LogP contribution is 2.42. The van der Waals surface area contributed by atoms with Gasteiger partial charge in [-0.3, -0.25) is 4.57 Å². The fourth-order valence-corrected chi connectivity index (χ4v) is 9.88. The predicted octanol–water partition coefficient (Wildman–Crippen LogP) is 16.1. The number of para-hydroxylation sites is 3. The Balaban J connectivity index is 0.980. The van der Waals surface area contributed by atoms with Crippen LogP contribution in [0, 0.1) is 0 Å². The quantitative estimate of drug-likeness (QED) is 0.168. The Bertz CT molecular complexity index is 3950. The summed E-state index contributed by atoms with van der Waals surface area (Å²) in [4.78, 5) is 10.8. The lowest BCUT2D eigenvalue weighted by molar-refractivity contribution is 0.669. The first-order valence-corrected chi connectivity index (χ1v) is 21.7. The minimum Gasteiger partial charge on any atom is -0.456 e. The number of aromatic nitrogens is 3. The van der Waals surface area contributed by atoms with Crippen LogP contribution in [0.4, 0.5) is 0 Å². The molecule has 0 saturated carbocycles. The zero-order valence-corrected chi connectivity index (χ0v) is 34.6. The normalized spacial score (nSPS) is 11.8. The van der Waals surface area contributed by atoms with Gasteiger partial charge in [0.2, 0.25) is 5.95 Å². The van der Waals surface area contributed by atoms with Crippen molar-refractivity contribution in [1.29, 1.82) is 0 Å². The van der Waals surface area contributed by atoms with Gasteiger partial charge in [0.1, 0.15) is 11.2 Å². The van der Waals surface area contributed by atoms with Crippen molar-refractivity contribution < 1.29 is 4.42 Å². The van der Waals surface area contributed by atoms with Gasteiger partial charge in [-0.2, -0.15) is 0 Å². The third kappa shape index (κ3) is 5.77. The molecule has 13 rings (SSSR count). The molecule has 0 aliphatic heterocycles. The van der Waals surface area contributed by atoms with Gasteiger partial charge in [0, 0.05) is 32.5 Å². The van der Waals surface area contributed by atoms with E-state index in [0.29, 0.717) is 5.95 Å². The van der Waals surface area contributed by atoms with Crippen LogP contribution in [-0.4, -0.2) is 14.5 Å². The fourth-order valence-electron chi connectivity index (χ4n) is 9.88. The highest BCUT2D eigenvalue weighted by molar-refractivity contribution is 6.15. The van der Waals surface area contributed by atoms with Gasteiger partial charge in [0.25, 0.3) is 0 Å². The highest BCUT2D eigenvalue weighted by atomic mass is 16.3. The van der Waals surface area contributed by atoms with Crippen molar-refractivity contribution in [2.45, 2.75) is 0 Å². The standard InChI is InChI=1S/C60H37N3O/c1-2-14-38(15-3-1)39-30-32-40(33-31-39)45-23-11-16-41-17-12-24-46(57(41)45)42-18-10-19-44(36-42)59-50-21-4-7-26-52(50)61-60(62-59)63-53-27-8-5-20-48(53)49-35-34-43(37-54(49)63)47-25-13-29-56-58(47)51-22-6-9-28-55(51)64-56/h1-37H. The van der Waals surface area contributed by atoms with E-state index in [0.717, 1.165) is 82.6 Å². The molecule has 3 aromatic heterocycles. The van der Waals surface area contributed by atoms with E-state index in [-0.39, 0.29) is 0 Å². The topological polar surface area (TPSA) is 43.9 Å². The molecule has 0 aliphatic rings. The monoisotopic (exact) mass is 815 g/mol. The van der Waals surface area contributed by atoms with Crippen molar-refractivity contribution in [3.05, 3.63) is 224 Å². The minimum absolute atomic E-state index is 0.626. The van der Waals surface area contributed by atoms with E-state index in [4.69, 9.17) is 14.4 Å². The lowest BCUT2D eigenvalue weighted by atomic mass is 9.90. The van der Waals surface area contributed by atoms with Crippen LogP contribution in [0.1, 0.15) is 0 Å². The van der Waals surface area contributed by atoms with E-state index in [9.17, 15) is 0 Å². The molecule has 0 aliphatic carbocycles. The molecule has 64 heavy (non-hydrogen) atoms. The summed E-state index contributed by atoms with van der Waals surface area (Å²) in [7, 11) is 0. The van der Waals surface area contributed by atoms with Gasteiger partial charge < -0.3 is 4.42 Å². The lowest BCUT2D eigenvalue weighted by Crippen LogP contribution is -2.03. The van der Waals surface area contributed by atoms with E-state index in [1.165, 1.54) is 38.6 Å². The molecular weight excluding hydrogens is 779 g/mol. The lowest BCUT2D eigenvalue weighted by Gasteiger charge is -2.15. The van der Waals surface area contributed by atoms with Crippen molar-refractivity contribution in [2.24, 2.45) is 0 Å². The van der Waals surface area contributed by atoms with E-state index < -0.39 is 0 Å². The molecule has 0 unspecified atom stereocenters. The Morgan fingerprint density at radius 3 is 1.73 bits per heavy atom. The maximum Gasteiger partial charge on any atom is 0.235 e. The average molecular weight is 816 g/mol.